The molecule has 0 aliphatic carbocycles. The van der Waals surface area contributed by atoms with Crippen molar-refractivity contribution in [3.8, 4) is 11.4 Å². The van der Waals surface area contributed by atoms with Crippen molar-refractivity contribution < 1.29 is 9.18 Å². The number of carbonyl (C=O) groups excluding carboxylic acids is 1. The molecule has 1 aromatic heterocycles. The van der Waals surface area contributed by atoms with E-state index >= 15 is 0 Å². The lowest BCUT2D eigenvalue weighted by Crippen LogP contribution is -2.38. The molecule has 0 N–H and O–H groups in total. The third-order valence-corrected chi connectivity index (χ3v) is 3.81. The van der Waals surface area contributed by atoms with Crippen molar-refractivity contribution >= 4 is 17.8 Å². The van der Waals surface area contributed by atoms with E-state index in [1.165, 1.54) is 28.6 Å². The van der Waals surface area contributed by atoms with E-state index in [1.807, 2.05) is 6.92 Å². The van der Waals surface area contributed by atoms with Gasteiger partial charge in [0.25, 0.3) is 0 Å². The van der Waals surface area contributed by atoms with Gasteiger partial charge in [-0.3, -0.25) is 0 Å². The number of hydrogen-bond acceptors (Lipinski definition) is 4. The molecule has 0 radical (unpaired) electrons. The number of aromatic nitrogens is 3. The third kappa shape index (κ3) is 2.10. The molecule has 1 aromatic carbocycles. The highest BCUT2D eigenvalue weighted by Gasteiger charge is 2.27. The van der Waals surface area contributed by atoms with Gasteiger partial charge in [-0.05, 0) is 19.1 Å². The van der Waals surface area contributed by atoms with Crippen LogP contribution in [0.5, 0.6) is 0 Å². The third-order valence-electron chi connectivity index (χ3n) is 2.84. The second kappa shape index (κ2) is 4.65. The summed E-state index contributed by atoms with van der Waals surface area (Å²) in [6, 6.07) is 5.84. The lowest BCUT2D eigenvalue weighted by Gasteiger charge is -2.23. The second-order valence-electron chi connectivity index (χ2n) is 4.05. The minimum Gasteiger partial charge on any atom is -0.313 e. The van der Waals surface area contributed by atoms with Crippen molar-refractivity contribution in [2.75, 3.05) is 12.4 Å². The molecule has 0 saturated carbocycles. The Kier molecular flexibility index (Phi) is 2.98. The van der Waals surface area contributed by atoms with Crippen molar-refractivity contribution in [1.29, 1.82) is 0 Å². The highest BCUT2D eigenvalue weighted by molar-refractivity contribution is 7.99. The number of halogens is 1. The number of hydrogen-bond donors (Lipinski definition) is 0. The SMILES string of the molecule is CCN1CSc2nc(-c3cccc(F)c3)nn2C1=O. The Bertz CT molecular complexity index is 642. The first-order valence-corrected chi connectivity index (χ1v) is 6.82. The van der Waals surface area contributed by atoms with Gasteiger partial charge in [0.05, 0.1) is 5.88 Å². The fraction of sp³-hybridized carbons (Fsp3) is 0.250. The smallest absolute Gasteiger partial charge is 0.313 e. The highest BCUT2D eigenvalue weighted by atomic mass is 32.2. The summed E-state index contributed by atoms with van der Waals surface area (Å²) >= 11 is 1.45. The number of thioether (sulfide) groups is 1. The van der Waals surface area contributed by atoms with Crippen molar-refractivity contribution in [1.82, 2.24) is 19.7 Å². The summed E-state index contributed by atoms with van der Waals surface area (Å²) in [6.07, 6.45) is 0. The molecule has 1 aliphatic heterocycles. The molecule has 0 spiro atoms. The van der Waals surface area contributed by atoms with Gasteiger partial charge in [0.15, 0.2) is 11.0 Å². The zero-order chi connectivity index (χ0) is 13.4. The Labute approximate surface area is 113 Å². The molecule has 19 heavy (non-hydrogen) atoms. The second-order valence-corrected chi connectivity index (χ2v) is 4.96. The summed E-state index contributed by atoms with van der Waals surface area (Å²) < 4.78 is 14.5. The Morgan fingerprint density at radius 2 is 2.32 bits per heavy atom. The van der Waals surface area contributed by atoms with Gasteiger partial charge in [0.2, 0.25) is 0 Å². The van der Waals surface area contributed by atoms with E-state index in [4.69, 9.17) is 0 Å². The highest BCUT2D eigenvalue weighted by Crippen LogP contribution is 2.26. The summed E-state index contributed by atoms with van der Waals surface area (Å²) in [5.41, 5.74) is 0.568. The number of nitrogens with zero attached hydrogens (tertiary/aromatic N) is 4. The van der Waals surface area contributed by atoms with Crippen LogP contribution in [0, 0.1) is 5.82 Å². The predicted octanol–water partition coefficient (Wildman–Crippen LogP) is 2.44. The fourth-order valence-electron chi connectivity index (χ4n) is 1.82. The van der Waals surface area contributed by atoms with E-state index in [-0.39, 0.29) is 11.8 Å². The van der Waals surface area contributed by atoms with Crippen molar-refractivity contribution in [2.24, 2.45) is 0 Å². The van der Waals surface area contributed by atoms with Gasteiger partial charge in [-0.25, -0.2) is 14.2 Å². The molecule has 0 unspecified atom stereocenters. The maximum Gasteiger partial charge on any atom is 0.347 e. The van der Waals surface area contributed by atoms with E-state index in [0.29, 0.717) is 29.0 Å². The molecular weight excluding hydrogens is 267 g/mol. The molecule has 2 aromatic rings. The normalized spacial score (nSPS) is 14.6. The summed E-state index contributed by atoms with van der Waals surface area (Å²) in [6.45, 7) is 2.54. The summed E-state index contributed by atoms with van der Waals surface area (Å²) in [7, 11) is 0. The van der Waals surface area contributed by atoms with E-state index in [0.717, 1.165) is 0 Å². The zero-order valence-electron chi connectivity index (χ0n) is 10.2. The van der Waals surface area contributed by atoms with E-state index in [9.17, 15) is 9.18 Å². The zero-order valence-corrected chi connectivity index (χ0v) is 11.0. The van der Waals surface area contributed by atoms with Crippen LogP contribution in [0.4, 0.5) is 9.18 Å². The van der Waals surface area contributed by atoms with Crippen molar-refractivity contribution in [2.45, 2.75) is 12.1 Å². The molecule has 98 valence electrons. The average Bonchev–Trinajstić information content (AvgIpc) is 2.84. The summed E-state index contributed by atoms with van der Waals surface area (Å²) in [4.78, 5) is 18.0. The van der Waals surface area contributed by atoms with Crippen molar-refractivity contribution in [3.05, 3.63) is 30.1 Å². The quantitative estimate of drug-likeness (QED) is 0.846. The first-order chi connectivity index (χ1) is 9.19. The van der Waals surface area contributed by atoms with Crippen LogP contribution in [0.1, 0.15) is 6.92 Å². The van der Waals surface area contributed by atoms with Gasteiger partial charge in [0, 0.05) is 12.1 Å². The van der Waals surface area contributed by atoms with Crippen LogP contribution in [0.15, 0.2) is 29.4 Å². The monoisotopic (exact) mass is 278 g/mol. The van der Waals surface area contributed by atoms with E-state index in [1.54, 1.807) is 17.0 Å². The Hall–Kier alpha value is -1.89. The molecule has 0 bridgehead atoms. The molecule has 1 amide bonds. The maximum atomic E-state index is 13.2. The molecule has 0 atom stereocenters. The molecule has 0 fully saturated rings. The molecule has 2 heterocycles. The van der Waals surface area contributed by atoms with E-state index < -0.39 is 0 Å². The minimum atomic E-state index is -0.348. The minimum absolute atomic E-state index is 0.189. The lowest BCUT2D eigenvalue weighted by atomic mass is 10.2. The molecule has 5 nitrogen and oxygen atoms in total. The number of fused-ring (bicyclic) bond motifs is 1. The molecule has 1 aliphatic rings. The van der Waals surface area contributed by atoms with Gasteiger partial charge in [-0.2, -0.15) is 4.68 Å². The van der Waals surface area contributed by atoms with Gasteiger partial charge in [0.1, 0.15) is 5.82 Å². The van der Waals surface area contributed by atoms with Crippen LogP contribution in [0.3, 0.4) is 0 Å². The van der Waals surface area contributed by atoms with Crippen molar-refractivity contribution in [3.63, 3.8) is 0 Å². The van der Waals surface area contributed by atoms with Gasteiger partial charge < -0.3 is 4.90 Å². The van der Waals surface area contributed by atoms with Crippen LogP contribution >= 0.6 is 11.8 Å². The largest absolute Gasteiger partial charge is 0.347 e. The van der Waals surface area contributed by atoms with Crippen LogP contribution < -0.4 is 0 Å². The average molecular weight is 278 g/mol. The first kappa shape index (κ1) is 12.2. The molecular formula is C12H11FN4OS. The van der Waals surface area contributed by atoms with Crippen LogP contribution in [0.25, 0.3) is 11.4 Å². The van der Waals surface area contributed by atoms with Crippen LogP contribution in [-0.4, -0.2) is 38.1 Å². The number of benzene rings is 1. The van der Waals surface area contributed by atoms with E-state index in [2.05, 4.69) is 10.1 Å². The van der Waals surface area contributed by atoms with Gasteiger partial charge in [-0.15, -0.1) is 5.10 Å². The predicted molar refractivity (Wildman–Crippen MR) is 69.3 cm³/mol. The molecule has 7 heteroatoms. The first-order valence-electron chi connectivity index (χ1n) is 5.84. The van der Waals surface area contributed by atoms with Crippen LogP contribution in [0.2, 0.25) is 0 Å². The fourth-order valence-corrected chi connectivity index (χ4v) is 2.77. The maximum absolute atomic E-state index is 13.2. The Morgan fingerprint density at radius 1 is 1.47 bits per heavy atom. The number of rotatable bonds is 2. The Morgan fingerprint density at radius 3 is 3.05 bits per heavy atom. The topological polar surface area (TPSA) is 51.0 Å². The standard InChI is InChI=1S/C12H11FN4OS/c1-2-16-7-19-11-14-10(15-17(11)12(16)18)8-4-3-5-9(13)6-8/h3-6H,2,7H2,1H3. The number of amides is 1. The van der Waals surface area contributed by atoms with Gasteiger partial charge in [-0.1, -0.05) is 23.9 Å². The Balaban J connectivity index is 2.02. The molecule has 0 saturated heterocycles. The van der Waals surface area contributed by atoms with Gasteiger partial charge >= 0.3 is 6.03 Å². The summed E-state index contributed by atoms with van der Waals surface area (Å²) in [5, 5.41) is 4.72. The lowest BCUT2D eigenvalue weighted by molar-refractivity contribution is 0.202. The molecule has 3 rings (SSSR count). The van der Waals surface area contributed by atoms with Crippen LogP contribution in [-0.2, 0) is 0 Å². The number of carbonyl (C=O) groups is 1. The summed E-state index contributed by atoms with van der Waals surface area (Å²) in [5.74, 6) is 0.587.